The van der Waals surface area contributed by atoms with Crippen molar-refractivity contribution in [1.82, 2.24) is 0 Å². The number of aliphatic hydroxyl groups is 1. The molecule has 0 radical (unpaired) electrons. The molecule has 1 N–H and O–H groups in total. The predicted molar refractivity (Wildman–Crippen MR) is 206 cm³/mol. The molecule has 0 saturated heterocycles. The lowest BCUT2D eigenvalue weighted by Gasteiger charge is -2.35. The molecule has 8 heteroatoms. The first kappa shape index (κ1) is 43.5. The quantitative estimate of drug-likeness (QED) is 0.0554. The van der Waals surface area contributed by atoms with E-state index in [1.54, 1.807) is 0 Å². The number of carbonyl (C=O) groups is 1. The van der Waals surface area contributed by atoms with Crippen molar-refractivity contribution in [2.24, 2.45) is 11.8 Å². The minimum atomic E-state index is -1.89. The number of allylic oxidation sites excluding steroid dienone is 2. The number of hydrogen-bond donors (Lipinski definition) is 1. The van der Waals surface area contributed by atoms with E-state index in [9.17, 15) is 9.90 Å². The van der Waals surface area contributed by atoms with Crippen LogP contribution in [0.5, 0.6) is 0 Å². The summed E-state index contributed by atoms with van der Waals surface area (Å²) in [6.07, 6.45) is 17.5. The fraction of sp³-hybridized carbons (Fsp3) is 0.868. The van der Waals surface area contributed by atoms with Gasteiger partial charge < -0.3 is 18.4 Å². The van der Waals surface area contributed by atoms with E-state index in [0.29, 0.717) is 12.8 Å². The van der Waals surface area contributed by atoms with Gasteiger partial charge in [0.05, 0.1) is 18.3 Å². The van der Waals surface area contributed by atoms with Crippen LogP contribution in [0.2, 0.25) is 54.4 Å². The van der Waals surface area contributed by atoms with Gasteiger partial charge in [-0.05, 0) is 92.4 Å². The highest BCUT2D eigenvalue weighted by atomic mass is 28.4. The second kappa shape index (κ2) is 23.0. The monoisotopic (exact) mass is 697 g/mol. The molecule has 1 aliphatic rings. The Labute approximate surface area is 289 Å². The second-order valence-electron chi connectivity index (χ2n) is 14.0. The molecule has 1 fully saturated rings. The number of hydrogen-bond acceptors (Lipinski definition) is 5. The van der Waals surface area contributed by atoms with E-state index in [4.69, 9.17) is 13.3 Å². The third-order valence-electron chi connectivity index (χ3n) is 11.8. The predicted octanol–water partition coefficient (Wildman–Crippen LogP) is 11.6. The van der Waals surface area contributed by atoms with Crippen molar-refractivity contribution < 1.29 is 23.2 Å². The minimum Gasteiger partial charge on any atom is -0.519 e. The lowest BCUT2D eigenvalue weighted by atomic mass is 9.89. The van der Waals surface area contributed by atoms with Gasteiger partial charge in [0.15, 0.2) is 16.6 Å². The fourth-order valence-electron chi connectivity index (χ4n) is 7.49. The van der Waals surface area contributed by atoms with Crippen LogP contribution in [0.4, 0.5) is 0 Å². The summed E-state index contributed by atoms with van der Waals surface area (Å²) in [5.41, 5.74) is 0. The molecule has 0 aromatic rings. The van der Waals surface area contributed by atoms with E-state index < -0.39 is 25.0 Å². The van der Waals surface area contributed by atoms with Crippen molar-refractivity contribution in [2.45, 2.75) is 200 Å². The Morgan fingerprint density at radius 2 is 1.33 bits per heavy atom. The maximum atomic E-state index is 12.6. The molecule has 1 rings (SSSR count). The van der Waals surface area contributed by atoms with Crippen LogP contribution in [0.1, 0.15) is 127 Å². The largest absolute Gasteiger partial charge is 0.519 e. The molecule has 0 aliphatic heterocycles. The van der Waals surface area contributed by atoms with E-state index in [-0.39, 0.29) is 36.1 Å². The molecule has 5 unspecified atom stereocenters. The van der Waals surface area contributed by atoms with E-state index in [1.807, 2.05) is 0 Å². The maximum absolute atomic E-state index is 12.6. The van der Waals surface area contributed by atoms with Gasteiger partial charge in [-0.2, -0.15) is 0 Å². The summed E-state index contributed by atoms with van der Waals surface area (Å²) in [5, 5.41) is 11.4. The highest BCUT2D eigenvalue weighted by Crippen LogP contribution is 2.41. The normalized spacial score (nSPS) is 21.9. The Bertz CT molecular complexity index is 842. The lowest BCUT2D eigenvalue weighted by molar-refractivity contribution is -0.135. The van der Waals surface area contributed by atoms with Gasteiger partial charge in [0.2, 0.25) is 0 Å². The van der Waals surface area contributed by atoms with Crippen LogP contribution in [-0.2, 0) is 18.1 Å². The number of carbonyl (C=O) groups excluding carboxylic acids is 1. The molecule has 0 bridgehead atoms. The Morgan fingerprint density at radius 1 is 0.761 bits per heavy atom. The van der Waals surface area contributed by atoms with Gasteiger partial charge in [-0.1, -0.05) is 113 Å². The highest BCUT2D eigenvalue weighted by Gasteiger charge is 2.45. The summed E-state index contributed by atoms with van der Waals surface area (Å²) in [7, 11) is -5.47. The van der Waals surface area contributed by atoms with Crippen molar-refractivity contribution in [3.63, 3.8) is 0 Å². The second-order valence-corrected chi connectivity index (χ2v) is 28.2. The van der Waals surface area contributed by atoms with E-state index in [2.05, 4.69) is 93.5 Å². The fourth-order valence-corrected chi connectivity index (χ4v) is 15.7. The van der Waals surface area contributed by atoms with E-state index >= 15 is 0 Å². The van der Waals surface area contributed by atoms with E-state index in [0.717, 1.165) is 80.1 Å². The molecule has 5 nitrogen and oxygen atoms in total. The molecule has 0 aromatic heterocycles. The summed E-state index contributed by atoms with van der Waals surface area (Å²) in [6.45, 7) is 22.6. The van der Waals surface area contributed by atoms with Gasteiger partial charge in [0.25, 0.3) is 14.3 Å². The first-order chi connectivity index (χ1) is 22.1. The van der Waals surface area contributed by atoms with Crippen molar-refractivity contribution in [2.75, 3.05) is 0 Å². The third-order valence-corrected chi connectivity index (χ3v) is 25.7. The summed E-state index contributed by atoms with van der Waals surface area (Å²) in [4.78, 5) is 12.6. The number of aliphatic hydroxyl groups excluding tert-OH is 1. The van der Waals surface area contributed by atoms with Gasteiger partial charge in [-0.25, -0.2) is 0 Å². The molecule has 5 atom stereocenters. The average molecular weight is 697 g/mol. The topological polar surface area (TPSA) is 65.0 Å². The van der Waals surface area contributed by atoms with Crippen LogP contribution in [0.3, 0.4) is 0 Å². The van der Waals surface area contributed by atoms with Crippen LogP contribution < -0.4 is 0 Å². The number of rotatable bonds is 26. The van der Waals surface area contributed by atoms with E-state index in [1.165, 1.54) is 19.3 Å². The van der Waals surface area contributed by atoms with Crippen LogP contribution in [-0.4, -0.2) is 54.3 Å². The molecule has 0 heterocycles. The summed E-state index contributed by atoms with van der Waals surface area (Å²) < 4.78 is 20.2. The summed E-state index contributed by atoms with van der Waals surface area (Å²) in [5.74, 6) is 0.292. The summed E-state index contributed by atoms with van der Waals surface area (Å²) in [6, 6.07) is 9.83. The smallest absolute Gasteiger partial charge is 0.292 e. The van der Waals surface area contributed by atoms with Gasteiger partial charge >= 0.3 is 0 Å². The van der Waals surface area contributed by atoms with Gasteiger partial charge in [0.1, 0.15) is 0 Å². The number of unbranched alkanes of at least 4 members (excludes halogenated alkanes) is 3. The maximum Gasteiger partial charge on any atom is 0.292 e. The van der Waals surface area contributed by atoms with Gasteiger partial charge in [0, 0.05) is 12.3 Å². The standard InChI is InChI=1S/C38H76O5Si3/c1-11-21-24-27-33(41-44(12-2,13-3)14-4)30-31-35-34(36(39)32-37(35)42-45(15-5,16-6)17-7)28-25-22-23-26-29-38(40)43-46(18-8,19-9)20-10/h22,25,30-31,33-37,39H,11-21,23-24,26-29,32H2,1-10H3/b25-22+,31-30+. The third kappa shape index (κ3) is 13.4. The average Bonchev–Trinajstić information content (AvgIpc) is 3.37. The van der Waals surface area contributed by atoms with Crippen LogP contribution in [0.25, 0.3) is 0 Å². The minimum absolute atomic E-state index is 0.0190. The van der Waals surface area contributed by atoms with Crippen molar-refractivity contribution in [1.29, 1.82) is 0 Å². The van der Waals surface area contributed by atoms with Crippen molar-refractivity contribution >= 4 is 30.9 Å². The van der Waals surface area contributed by atoms with Gasteiger partial charge in [-0.3, -0.25) is 4.79 Å². The summed E-state index contributed by atoms with van der Waals surface area (Å²) >= 11 is 0. The lowest BCUT2D eigenvalue weighted by Crippen LogP contribution is -2.41. The molecule has 1 saturated carbocycles. The zero-order valence-electron chi connectivity index (χ0n) is 32.0. The van der Waals surface area contributed by atoms with Crippen LogP contribution in [0.15, 0.2) is 24.3 Å². The van der Waals surface area contributed by atoms with Crippen LogP contribution >= 0.6 is 0 Å². The molecular formula is C38H76O5Si3. The zero-order chi connectivity index (χ0) is 34.6. The molecule has 0 amide bonds. The molecule has 1 aliphatic carbocycles. The zero-order valence-corrected chi connectivity index (χ0v) is 35.0. The first-order valence-corrected chi connectivity index (χ1v) is 27.2. The molecule has 0 spiro atoms. The SMILES string of the molecule is CCCCCC(/C=C/C1C(O[Si](CC)(CC)CC)CC(O)C1C/C=C/CCCC(=O)O[Si](CC)(CC)CC)O[Si](CC)(CC)CC. The Balaban J connectivity index is 3.12. The van der Waals surface area contributed by atoms with Crippen molar-refractivity contribution in [3.8, 4) is 0 Å². The van der Waals surface area contributed by atoms with Crippen molar-refractivity contribution in [3.05, 3.63) is 24.3 Å². The highest BCUT2D eigenvalue weighted by molar-refractivity contribution is 6.75. The molecular weight excluding hydrogens is 621 g/mol. The molecule has 270 valence electrons. The Hall–Kier alpha value is -0.519. The molecule has 0 aromatic carbocycles. The molecule has 46 heavy (non-hydrogen) atoms. The first-order valence-electron chi connectivity index (χ1n) is 19.6. The Morgan fingerprint density at radius 3 is 1.85 bits per heavy atom. The van der Waals surface area contributed by atoms with Crippen LogP contribution in [0, 0.1) is 11.8 Å². The Kier molecular flexibility index (Phi) is 21.7. The van der Waals surface area contributed by atoms with Gasteiger partial charge in [-0.15, -0.1) is 0 Å².